The van der Waals surface area contributed by atoms with Crippen LogP contribution in [0, 0.1) is 5.82 Å². The molecule has 2 aromatic rings. The number of rotatable bonds is 11. The summed E-state index contributed by atoms with van der Waals surface area (Å²) in [4.78, 5) is 1.89. The Morgan fingerprint density at radius 3 is 2.12 bits per heavy atom. The van der Waals surface area contributed by atoms with Gasteiger partial charge in [0.25, 0.3) is 0 Å². The number of hydrogen-bond acceptors (Lipinski definition) is 7. The highest BCUT2D eigenvalue weighted by molar-refractivity contribution is 5.65. The molecule has 8 heteroatoms. The van der Waals surface area contributed by atoms with Gasteiger partial charge < -0.3 is 29.9 Å². The van der Waals surface area contributed by atoms with E-state index in [9.17, 15) is 24.8 Å². The summed E-state index contributed by atoms with van der Waals surface area (Å²) in [6.07, 6.45) is -0.916. The number of aliphatic hydroxyl groups is 4. The molecule has 1 fully saturated rings. The molecular weight excluding hydrogens is 441 g/mol. The molecule has 0 amide bonds. The molecule has 4 atom stereocenters. The van der Waals surface area contributed by atoms with Gasteiger partial charge in [0, 0.05) is 19.7 Å². The van der Waals surface area contributed by atoms with E-state index >= 15 is 0 Å². The van der Waals surface area contributed by atoms with Crippen LogP contribution >= 0.6 is 0 Å². The average molecular weight is 478 g/mol. The molecule has 0 unspecified atom stereocenters. The maximum Gasteiger partial charge on any atom is 0.165 e. The Labute approximate surface area is 200 Å². The van der Waals surface area contributed by atoms with E-state index in [1.807, 2.05) is 29.2 Å². The normalized spacial score (nSPS) is 23.6. The standard InChI is InChI=1S/C26H36FNO6/c1-33-24-14-20(10-11-21(24)27)19-8-6-18(7-9-19)17-34-13-5-3-2-4-12-28-15-22(29)25(31)26(32)23(30)16-28/h6-11,14,22-23,25-26,29-32H,2-5,12-13,15-17H2,1H3/t22-,23-,25+,26+/m0/s1. The quantitative estimate of drug-likeness (QED) is 0.369. The predicted molar refractivity (Wildman–Crippen MR) is 127 cm³/mol. The molecule has 0 radical (unpaired) electrons. The lowest BCUT2D eigenvalue weighted by molar-refractivity contribution is -0.0894. The number of ether oxygens (including phenoxy) is 2. The third-order valence-corrected chi connectivity index (χ3v) is 6.25. The van der Waals surface area contributed by atoms with Gasteiger partial charge >= 0.3 is 0 Å². The van der Waals surface area contributed by atoms with Gasteiger partial charge in [0.15, 0.2) is 11.6 Å². The summed E-state index contributed by atoms with van der Waals surface area (Å²) in [6.45, 7) is 2.37. The molecule has 34 heavy (non-hydrogen) atoms. The predicted octanol–water partition coefficient (Wildman–Crippen LogP) is 2.34. The minimum atomic E-state index is -1.32. The second-order valence-corrected chi connectivity index (χ2v) is 8.89. The topological polar surface area (TPSA) is 103 Å². The molecule has 3 rings (SSSR count). The lowest BCUT2D eigenvalue weighted by Gasteiger charge is -2.23. The van der Waals surface area contributed by atoms with Crippen molar-refractivity contribution in [1.29, 1.82) is 0 Å². The molecule has 4 N–H and O–H groups in total. The number of β-amino-alcohol motifs (C(OH)–C–C–N with tert-alkyl or cyclic N) is 2. The fraction of sp³-hybridized carbons (Fsp3) is 0.538. The van der Waals surface area contributed by atoms with Crippen molar-refractivity contribution in [3.05, 3.63) is 53.8 Å². The van der Waals surface area contributed by atoms with E-state index in [-0.39, 0.29) is 24.7 Å². The minimum Gasteiger partial charge on any atom is -0.494 e. The number of hydrogen-bond donors (Lipinski definition) is 4. The second kappa shape index (κ2) is 13.1. The van der Waals surface area contributed by atoms with Crippen molar-refractivity contribution in [2.24, 2.45) is 0 Å². The SMILES string of the molecule is COc1cc(-c2ccc(COCCCCCCN3C[C@H](O)[C@@H](O)[C@H](O)[C@@H](O)C3)cc2)ccc1F. The molecule has 1 aliphatic rings. The van der Waals surface area contributed by atoms with Crippen LogP contribution < -0.4 is 4.74 Å². The Balaban J connectivity index is 1.30. The van der Waals surface area contributed by atoms with Crippen molar-refractivity contribution in [1.82, 2.24) is 4.90 Å². The highest BCUT2D eigenvalue weighted by Crippen LogP contribution is 2.26. The van der Waals surface area contributed by atoms with E-state index in [4.69, 9.17) is 9.47 Å². The van der Waals surface area contributed by atoms with Gasteiger partial charge in [-0.2, -0.15) is 0 Å². The molecule has 2 aromatic carbocycles. The summed E-state index contributed by atoms with van der Waals surface area (Å²) < 4.78 is 24.4. The van der Waals surface area contributed by atoms with Crippen LogP contribution in [0.25, 0.3) is 11.1 Å². The zero-order valence-electron chi connectivity index (χ0n) is 19.6. The van der Waals surface area contributed by atoms with Crippen LogP contribution in [0.4, 0.5) is 4.39 Å². The Kier molecular flexibility index (Phi) is 10.2. The lowest BCUT2D eigenvalue weighted by atomic mass is 10.0. The van der Waals surface area contributed by atoms with Crippen molar-refractivity contribution in [2.45, 2.75) is 56.7 Å². The van der Waals surface area contributed by atoms with Crippen LogP contribution in [0.2, 0.25) is 0 Å². The first-order valence-corrected chi connectivity index (χ1v) is 11.8. The van der Waals surface area contributed by atoms with E-state index in [1.165, 1.54) is 13.2 Å². The Hall–Kier alpha value is -2.07. The van der Waals surface area contributed by atoms with Crippen LogP contribution in [0.3, 0.4) is 0 Å². The number of unbranched alkanes of at least 4 members (excludes halogenated alkanes) is 3. The van der Waals surface area contributed by atoms with Gasteiger partial charge in [-0.25, -0.2) is 4.39 Å². The van der Waals surface area contributed by atoms with Crippen LogP contribution in [0.15, 0.2) is 42.5 Å². The molecule has 1 aliphatic heterocycles. The molecule has 188 valence electrons. The molecule has 0 bridgehead atoms. The summed E-state index contributed by atoms with van der Waals surface area (Å²) in [5.74, 6) is -0.153. The first-order chi connectivity index (χ1) is 16.4. The van der Waals surface area contributed by atoms with Crippen LogP contribution in [-0.4, -0.2) is 83.1 Å². The minimum absolute atomic E-state index is 0.226. The molecule has 0 spiro atoms. The van der Waals surface area contributed by atoms with E-state index < -0.39 is 24.4 Å². The van der Waals surface area contributed by atoms with Gasteiger partial charge in [-0.15, -0.1) is 0 Å². The van der Waals surface area contributed by atoms with Gasteiger partial charge in [-0.05, 0) is 48.2 Å². The summed E-state index contributed by atoms with van der Waals surface area (Å²) in [6, 6.07) is 12.8. The smallest absolute Gasteiger partial charge is 0.165 e. The van der Waals surface area contributed by atoms with Crippen molar-refractivity contribution in [3.63, 3.8) is 0 Å². The molecule has 7 nitrogen and oxygen atoms in total. The number of nitrogens with zero attached hydrogens (tertiary/aromatic N) is 1. The zero-order chi connectivity index (χ0) is 24.5. The molecule has 1 saturated heterocycles. The maximum absolute atomic E-state index is 13.6. The number of benzene rings is 2. The van der Waals surface area contributed by atoms with Gasteiger partial charge in [0.05, 0.1) is 25.9 Å². The third-order valence-electron chi connectivity index (χ3n) is 6.25. The van der Waals surface area contributed by atoms with Crippen molar-refractivity contribution >= 4 is 0 Å². The van der Waals surface area contributed by atoms with Crippen LogP contribution in [0.5, 0.6) is 5.75 Å². The maximum atomic E-state index is 13.6. The highest BCUT2D eigenvalue weighted by Gasteiger charge is 2.35. The molecule has 0 aliphatic carbocycles. The van der Waals surface area contributed by atoms with Crippen molar-refractivity contribution in [3.8, 4) is 16.9 Å². The largest absolute Gasteiger partial charge is 0.494 e. The van der Waals surface area contributed by atoms with Crippen LogP contribution in [-0.2, 0) is 11.3 Å². The number of aliphatic hydroxyl groups excluding tert-OH is 4. The summed E-state index contributed by atoms with van der Waals surface area (Å²) in [7, 11) is 1.45. The summed E-state index contributed by atoms with van der Waals surface area (Å²) in [5, 5.41) is 39.4. The monoisotopic (exact) mass is 477 g/mol. The fourth-order valence-corrected chi connectivity index (χ4v) is 4.17. The van der Waals surface area contributed by atoms with E-state index in [1.54, 1.807) is 12.1 Å². The van der Waals surface area contributed by atoms with Crippen molar-refractivity contribution in [2.75, 3.05) is 33.4 Å². The average Bonchev–Trinajstić information content (AvgIpc) is 2.93. The van der Waals surface area contributed by atoms with Gasteiger partial charge in [-0.3, -0.25) is 4.90 Å². The fourth-order valence-electron chi connectivity index (χ4n) is 4.17. The summed E-state index contributed by atoms with van der Waals surface area (Å²) >= 11 is 0. The molecule has 0 saturated carbocycles. The third kappa shape index (κ3) is 7.46. The number of halogens is 1. The van der Waals surface area contributed by atoms with Gasteiger partial charge in [0.2, 0.25) is 0 Å². The Morgan fingerprint density at radius 2 is 1.47 bits per heavy atom. The van der Waals surface area contributed by atoms with Crippen LogP contribution in [0.1, 0.15) is 31.2 Å². The number of likely N-dealkylation sites (tertiary alicyclic amines) is 1. The van der Waals surface area contributed by atoms with Crippen molar-refractivity contribution < 1.29 is 34.3 Å². The highest BCUT2D eigenvalue weighted by atomic mass is 19.1. The zero-order valence-corrected chi connectivity index (χ0v) is 19.6. The molecular formula is C26H36FNO6. The van der Waals surface area contributed by atoms with E-state index in [0.717, 1.165) is 42.4 Å². The molecule has 0 aromatic heterocycles. The van der Waals surface area contributed by atoms with E-state index in [0.29, 0.717) is 19.8 Å². The summed E-state index contributed by atoms with van der Waals surface area (Å²) in [5.41, 5.74) is 2.94. The van der Waals surface area contributed by atoms with Gasteiger partial charge in [0.1, 0.15) is 12.2 Å². The lowest BCUT2D eigenvalue weighted by Crippen LogP contribution is -2.43. The van der Waals surface area contributed by atoms with Gasteiger partial charge in [-0.1, -0.05) is 43.2 Å². The Bertz CT molecular complexity index is 864. The first kappa shape index (κ1) is 26.5. The second-order valence-electron chi connectivity index (χ2n) is 8.89. The molecule has 1 heterocycles. The first-order valence-electron chi connectivity index (χ1n) is 11.8. The van der Waals surface area contributed by atoms with E-state index in [2.05, 4.69) is 0 Å². The Morgan fingerprint density at radius 1 is 0.853 bits per heavy atom. The number of methoxy groups -OCH3 is 1.